The average Bonchev–Trinajstić information content (AvgIpc) is 2.44. The molecule has 132 valence electrons. The van der Waals surface area contributed by atoms with Crippen LogP contribution in [0.1, 0.15) is 31.9 Å². The Labute approximate surface area is 158 Å². The van der Waals surface area contributed by atoms with Crippen molar-refractivity contribution in [3.8, 4) is 0 Å². The van der Waals surface area contributed by atoms with E-state index in [0.717, 1.165) is 5.56 Å². The molecule has 0 aliphatic heterocycles. The lowest BCUT2D eigenvalue weighted by Gasteiger charge is -2.18. The van der Waals surface area contributed by atoms with Gasteiger partial charge in [0, 0.05) is 41.4 Å². The first kappa shape index (κ1) is 22.3. The van der Waals surface area contributed by atoms with Gasteiger partial charge in [-0.2, -0.15) is 0 Å². The van der Waals surface area contributed by atoms with Crippen LogP contribution in [-0.2, 0) is 17.3 Å². The van der Waals surface area contributed by atoms with Crippen LogP contribution in [0.4, 0.5) is 4.39 Å². The highest BCUT2D eigenvalue weighted by atomic mass is 127. The summed E-state index contributed by atoms with van der Waals surface area (Å²) < 4.78 is 25.0. The van der Waals surface area contributed by atoms with Crippen molar-refractivity contribution in [1.82, 2.24) is 10.6 Å². The van der Waals surface area contributed by atoms with Gasteiger partial charge in [0.25, 0.3) is 0 Å². The maximum Gasteiger partial charge on any atom is 0.191 e. The first-order chi connectivity index (χ1) is 10.2. The molecule has 0 saturated heterocycles. The maximum absolute atomic E-state index is 13.2. The fourth-order valence-electron chi connectivity index (χ4n) is 1.79. The fourth-order valence-corrected chi connectivity index (χ4v) is 2.69. The molecule has 1 aromatic carbocycles. The van der Waals surface area contributed by atoms with E-state index in [0.29, 0.717) is 30.4 Å². The van der Waals surface area contributed by atoms with Crippen LogP contribution < -0.4 is 10.6 Å². The second kappa shape index (κ2) is 10.2. The van der Waals surface area contributed by atoms with Crippen LogP contribution in [0.25, 0.3) is 0 Å². The SMILES string of the molecule is CN=C(NCCS(=O)C(C)(C)C)NCc1ccc(F)c(C)c1.I. The molecule has 0 aliphatic carbocycles. The molecule has 4 nitrogen and oxygen atoms in total. The molecule has 0 spiro atoms. The van der Waals surface area contributed by atoms with Gasteiger partial charge >= 0.3 is 0 Å². The number of rotatable bonds is 5. The molecule has 2 N–H and O–H groups in total. The predicted molar refractivity (Wildman–Crippen MR) is 108 cm³/mol. The Morgan fingerprint density at radius 3 is 2.48 bits per heavy atom. The summed E-state index contributed by atoms with van der Waals surface area (Å²) >= 11 is 0. The lowest BCUT2D eigenvalue weighted by molar-refractivity contribution is 0.617. The van der Waals surface area contributed by atoms with Crippen molar-refractivity contribution in [3.63, 3.8) is 0 Å². The Hall–Kier alpha value is -0.700. The van der Waals surface area contributed by atoms with Gasteiger partial charge in [-0.15, -0.1) is 24.0 Å². The molecule has 0 aliphatic rings. The van der Waals surface area contributed by atoms with E-state index in [4.69, 9.17) is 0 Å². The van der Waals surface area contributed by atoms with Gasteiger partial charge in [0.15, 0.2) is 5.96 Å². The molecule has 0 fully saturated rings. The zero-order chi connectivity index (χ0) is 16.8. The summed E-state index contributed by atoms with van der Waals surface area (Å²) in [5.41, 5.74) is 1.61. The fraction of sp³-hybridized carbons (Fsp3) is 0.562. The number of hydrogen-bond acceptors (Lipinski definition) is 2. The molecule has 0 aromatic heterocycles. The zero-order valence-corrected chi connectivity index (χ0v) is 17.6. The van der Waals surface area contributed by atoms with Crippen LogP contribution in [-0.4, -0.2) is 34.3 Å². The first-order valence-corrected chi connectivity index (χ1v) is 8.64. The maximum atomic E-state index is 13.2. The second-order valence-corrected chi connectivity index (χ2v) is 8.42. The molecule has 7 heteroatoms. The molecular weight excluding hydrogens is 428 g/mol. The Morgan fingerprint density at radius 1 is 1.30 bits per heavy atom. The van der Waals surface area contributed by atoms with Crippen molar-refractivity contribution in [3.05, 3.63) is 35.1 Å². The number of halogens is 2. The van der Waals surface area contributed by atoms with E-state index < -0.39 is 10.8 Å². The minimum Gasteiger partial charge on any atom is -0.355 e. The summed E-state index contributed by atoms with van der Waals surface area (Å²) in [5, 5.41) is 6.30. The number of guanidine groups is 1. The number of hydrogen-bond donors (Lipinski definition) is 2. The largest absolute Gasteiger partial charge is 0.355 e. The molecule has 1 atom stereocenters. The molecule has 1 rings (SSSR count). The van der Waals surface area contributed by atoms with E-state index in [9.17, 15) is 8.60 Å². The van der Waals surface area contributed by atoms with E-state index in [2.05, 4.69) is 15.6 Å². The van der Waals surface area contributed by atoms with Crippen LogP contribution in [0.5, 0.6) is 0 Å². The van der Waals surface area contributed by atoms with Crippen molar-refractivity contribution in [1.29, 1.82) is 0 Å². The smallest absolute Gasteiger partial charge is 0.191 e. The van der Waals surface area contributed by atoms with E-state index in [-0.39, 0.29) is 34.5 Å². The van der Waals surface area contributed by atoms with Gasteiger partial charge in [0.05, 0.1) is 0 Å². The topological polar surface area (TPSA) is 53.5 Å². The van der Waals surface area contributed by atoms with E-state index in [1.165, 1.54) is 6.07 Å². The number of nitrogens with zero attached hydrogens (tertiary/aromatic N) is 1. The van der Waals surface area contributed by atoms with Crippen molar-refractivity contribution in [2.24, 2.45) is 4.99 Å². The molecule has 0 heterocycles. The third kappa shape index (κ3) is 8.10. The minimum atomic E-state index is -0.888. The lowest BCUT2D eigenvalue weighted by atomic mass is 10.1. The third-order valence-corrected chi connectivity index (χ3v) is 5.11. The summed E-state index contributed by atoms with van der Waals surface area (Å²) in [6.45, 7) is 8.79. The summed E-state index contributed by atoms with van der Waals surface area (Å²) in [4.78, 5) is 4.12. The number of nitrogens with one attached hydrogen (secondary N) is 2. The van der Waals surface area contributed by atoms with Crippen LogP contribution in [0, 0.1) is 12.7 Å². The van der Waals surface area contributed by atoms with Gasteiger partial charge in [0.1, 0.15) is 5.82 Å². The number of benzene rings is 1. The summed E-state index contributed by atoms with van der Waals surface area (Å²) in [6, 6.07) is 5.02. The zero-order valence-electron chi connectivity index (χ0n) is 14.4. The van der Waals surface area contributed by atoms with E-state index in [1.807, 2.05) is 26.8 Å². The predicted octanol–water partition coefficient (Wildman–Crippen LogP) is 2.96. The molecule has 1 aromatic rings. The van der Waals surface area contributed by atoms with Crippen LogP contribution >= 0.6 is 24.0 Å². The molecule has 0 bridgehead atoms. The molecule has 1 unspecified atom stereocenters. The quantitative estimate of drug-likeness (QED) is 0.408. The van der Waals surface area contributed by atoms with Gasteiger partial charge in [-0.1, -0.05) is 12.1 Å². The monoisotopic (exact) mass is 455 g/mol. The highest BCUT2D eigenvalue weighted by molar-refractivity contribution is 14.0. The van der Waals surface area contributed by atoms with E-state index >= 15 is 0 Å². The minimum absolute atomic E-state index is 0. The Morgan fingerprint density at radius 2 is 1.96 bits per heavy atom. The van der Waals surface area contributed by atoms with Crippen LogP contribution in [0.3, 0.4) is 0 Å². The van der Waals surface area contributed by atoms with Crippen LogP contribution in [0.2, 0.25) is 0 Å². The number of aryl methyl sites for hydroxylation is 1. The van der Waals surface area contributed by atoms with Gasteiger partial charge in [-0.05, 0) is 44.9 Å². The van der Waals surface area contributed by atoms with E-state index in [1.54, 1.807) is 20.0 Å². The Balaban J connectivity index is 0.00000484. The van der Waals surface area contributed by atoms with Gasteiger partial charge < -0.3 is 10.6 Å². The van der Waals surface area contributed by atoms with Crippen molar-refractivity contribution in [2.75, 3.05) is 19.3 Å². The van der Waals surface area contributed by atoms with Gasteiger partial charge in [-0.3, -0.25) is 9.20 Å². The molecule has 0 amide bonds. The van der Waals surface area contributed by atoms with Crippen molar-refractivity contribution < 1.29 is 8.60 Å². The number of aliphatic imine (C=N–C) groups is 1. The lowest BCUT2D eigenvalue weighted by Crippen LogP contribution is -2.40. The van der Waals surface area contributed by atoms with Crippen molar-refractivity contribution >= 4 is 40.7 Å². The summed E-state index contributed by atoms with van der Waals surface area (Å²) in [7, 11) is 0.798. The molecule has 0 saturated carbocycles. The summed E-state index contributed by atoms with van der Waals surface area (Å²) in [6.07, 6.45) is 0. The summed E-state index contributed by atoms with van der Waals surface area (Å²) in [5.74, 6) is 1.02. The Bertz CT molecular complexity index is 559. The normalized spacial score (nSPS) is 13.2. The Kier molecular flexibility index (Phi) is 9.91. The van der Waals surface area contributed by atoms with Gasteiger partial charge in [-0.25, -0.2) is 4.39 Å². The highest BCUT2D eigenvalue weighted by Crippen LogP contribution is 2.10. The van der Waals surface area contributed by atoms with Crippen LogP contribution in [0.15, 0.2) is 23.2 Å². The second-order valence-electron chi connectivity index (χ2n) is 6.10. The van der Waals surface area contributed by atoms with Gasteiger partial charge in [0.2, 0.25) is 0 Å². The molecule has 23 heavy (non-hydrogen) atoms. The first-order valence-electron chi connectivity index (χ1n) is 7.32. The molecular formula is C16H27FIN3OS. The average molecular weight is 455 g/mol. The van der Waals surface area contributed by atoms with Crippen molar-refractivity contribution in [2.45, 2.75) is 39.0 Å². The third-order valence-electron chi connectivity index (χ3n) is 3.17. The highest BCUT2D eigenvalue weighted by Gasteiger charge is 2.18. The standard InChI is InChI=1S/C16H26FN3OS.HI/c1-12-10-13(6-7-14(12)17)11-20-15(18-5)19-8-9-22(21)16(2,3)4;/h6-7,10H,8-9,11H2,1-5H3,(H2,18,19,20);1H. The molecule has 0 radical (unpaired) electrons.